The summed E-state index contributed by atoms with van der Waals surface area (Å²) in [5.41, 5.74) is 0. The second-order valence-corrected chi connectivity index (χ2v) is 7.16. The summed E-state index contributed by atoms with van der Waals surface area (Å²) >= 11 is 0. The molecule has 3 heterocycles. The number of hydrogen-bond donors (Lipinski definition) is 0. The molecule has 1 aliphatic carbocycles. The molecule has 144 valence electrons. The Kier molecular flexibility index (Phi) is 4.96. The lowest BCUT2D eigenvalue weighted by Gasteiger charge is -2.38. The van der Waals surface area contributed by atoms with Gasteiger partial charge in [0.05, 0.1) is 14.2 Å². The Morgan fingerprint density at radius 3 is 2.70 bits per heavy atom. The molecule has 0 N–H and O–H groups in total. The summed E-state index contributed by atoms with van der Waals surface area (Å²) in [6.45, 7) is 1.81. The molecule has 0 aromatic carbocycles. The maximum absolute atomic E-state index is 5.29. The van der Waals surface area contributed by atoms with Crippen molar-refractivity contribution >= 4 is 11.6 Å². The van der Waals surface area contributed by atoms with Crippen LogP contribution in [0.2, 0.25) is 0 Å². The topological polar surface area (TPSA) is 76.5 Å². The van der Waals surface area contributed by atoms with E-state index in [0.29, 0.717) is 23.9 Å². The number of ether oxygens (including phenoxy) is 2. The molecule has 2 fully saturated rings. The summed E-state index contributed by atoms with van der Waals surface area (Å²) in [4.78, 5) is 22.5. The number of rotatable bonds is 6. The van der Waals surface area contributed by atoms with Gasteiger partial charge in [0, 0.05) is 44.4 Å². The van der Waals surface area contributed by atoms with E-state index in [-0.39, 0.29) is 0 Å². The first-order valence-corrected chi connectivity index (χ1v) is 9.45. The molecule has 2 aliphatic rings. The van der Waals surface area contributed by atoms with Gasteiger partial charge in [-0.15, -0.1) is 0 Å². The number of piperidine rings is 1. The van der Waals surface area contributed by atoms with Gasteiger partial charge in [0.15, 0.2) is 0 Å². The van der Waals surface area contributed by atoms with Crippen molar-refractivity contribution in [1.29, 1.82) is 0 Å². The zero-order valence-electron chi connectivity index (χ0n) is 16.1. The predicted octanol–water partition coefficient (Wildman–Crippen LogP) is 2.27. The van der Waals surface area contributed by atoms with Crippen LogP contribution in [0.15, 0.2) is 18.3 Å². The summed E-state index contributed by atoms with van der Waals surface area (Å²) < 4.78 is 10.5. The summed E-state index contributed by atoms with van der Waals surface area (Å²) in [6, 6.07) is 4.54. The minimum Gasteiger partial charge on any atom is -0.481 e. The number of anilines is 2. The first-order valence-electron chi connectivity index (χ1n) is 9.45. The van der Waals surface area contributed by atoms with E-state index < -0.39 is 0 Å². The monoisotopic (exact) mass is 370 g/mol. The van der Waals surface area contributed by atoms with Gasteiger partial charge in [0.2, 0.25) is 5.88 Å². The third kappa shape index (κ3) is 3.89. The summed E-state index contributed by atoms with van der Waals surface area (Å²) in [5, 5.41) is 0. The van der Waals surface area contributed by atoms with E-state index in [1.165, 1.54) is 12.8 Å². The van der Waals surface area contributed by atoms with Gasteiger partial charge in [-0.3, -0.25) is 0 Å². The minimum absolute atomic E-state index is 0.324. The van der Waals surface area contributed by atoms with E-state index in [1.807, 2.05) is 18.3 Å². The highest BCUT2D eigenvalue weighted by Gasteiger charge is 2.29. The van der Waals surface area contributed by atoms with Crippen LogP contribution < -0.4 is 19.3 Å². The van der Waals surface area contributed by atoms with Crippen LogP contribution >= 0.6 is 0 Å². The van der Waals surface area contributed by atoms with E-state index in [4.69, 9.17) is 14.5 Å². The first kappa shape index (κ1) is 17.8. The number of methoxy groups -OCH3 is 2. The SMILES string of the molecule is COc1cc(N2CCCC(N(C)c3ccnc(C4CC4)n3)C2)nc(OC)n1. The molecule has 0 spiro atoms. The fourth-order valence-corrected chi connectivity index (χ4v) is 3.51. The van der Waals surface area contributed by atoms with E-state index in [9.17, 15) is 0 Å². The second-order valence-electron chi connectivity index (χ2n) is 7.16. The standard InChI is InChI=1S/C19H26N6O2/c1-24(15-8-9-20-18(21-15)13-6-7-13)14-5-4-10-25(12-14)16-11-17(26-2)23-19(22-16)27-3/h8-9,11,13-14H,4-7,10,12H2,1-3H3. The summed E-state index contributed by atoms with van der Waals surface area (Å²) in [6.07, 6.45) is 6.51. The highest BCUT2D eigenvalue weighted by Crippen LogP contribution is 2.38. The lowest BCUT2D eigenvalue weighted by molar-refractivity contribution is 0.351. The first-order chi connectivity index (χ1) is 13.2. The maximum atomic E-state index is 5.29. The van der Waals surface area contributed by atoms with Crippen molar-refractivity contribution < 1.29 is 9.47 Å². The Hall–Kier alpha value is -2.64. The van der Waals surface area contributed by atoms with Gasteiger partial charge in [0.1, 0.15) is 17.5 Å². The molecule has 2 aromatic rings. The van der Waals surface area contributed by atoms with Gasteiger partial charge < -0.3 is 19.3 Å². The van der Waals surface area contributed by atoms with Gasteiger partial charge in [-0.25, -0.2) is 9.97 Å². The quantitative estimate of drug-likeness (QED) is 0.766. The Labute approximate surface area is 159 Å². The van der Waals surface area contributed by atoms with Crippen molar-refractivity contribution in [2.24, 2.45) is 0 Å². The molecule has 27 heavy (non-hydrogen) atoms. The van der Waals surface area contributed by atoms with E-state index >= 15 is 0 Å². The second kappa shape index (κ2) is 7.54. The molecule has 1 unspecified atom stereocenters. The van der Waals surface area contributed by atoms with Crippen LogP contribution in [0, 0.1) is 0 Å². The Morgan fingerprint density at radius 1 is 1.11 bits per heavy atom. The lowest BCUT2D eigenvalue weighted by atomic mass is 10.0. The van der Waals surface area contributed by atoms with Crippen LogP contribution in [-0.2, 0) is 0 Å². The largest absolute Gasteiger partial charge is 0.481 e. The zero-order chi connectivity index (χ0) is 18.8. The van der Waals surface area contributed by atoms with Crippen molar-refractivity contribution in [2.45, 2.75) is 37.6 Å². The molecule has 8 nitrogen and oxygen atoms in total. The number of hydrogen-bond acceptors (Lipinski definition) is 8. The molecule has 4 rings (SSSR count). The van der Waals surface area contributed by atoms with Crippen molar-refractivity contribution in [3.63, 3.8) is 0 Å². The average molecular weight is 370 g/mol. The van der Waals surface area contributed by atoms with Crippen molar-refractivity contribution in [3.05, 3.63) is 24.2 Å². The number of likely N-dealkylation sites (N-methyl/N-ethyl adjacent to an activating group) is 1. The lowest BCUT2D eigenvalue weighted by Crippen LogP contribution is -2.47. The fourth-order valence-electron chi connectivity index (χ4n) is 3.51. The molecule has 2 aromatic heterocycles. The predicted molar refractivity (Wildman–Crippen MR) is 103 cm³/mol. The van der Waals surface area contributed by atoms with Gasteiger partial charge in [-0.05, 0) is 31.7 Å². The molecule has 0 bridgehead atoms. The molecular weight excluding hydrogens is 344 g/mol. The van der Waals surface area contributed by atoms with E-state index in [2.05, 4.69) is 31.8 Å². The minimum atomic E-state index is 0.324. The zero-order valence-corrected chi connectivity index (χ0v) is 16.1. The normalized spacial score (nSPS) is 19.7. The van der Waals surface area contributed by atoms with Crippen molar-refractivity contribution in [1.82, 2.24) is 19.9 Å². The number of nitrogens with zero attached hydrogens (tertiary/aromatic N) is 6. The third-order valence-corrected chi connectivity index (χ3v) is 5.29. The molecule has 1 atom stereocenters. The Morgan fingerprint density at radius 2 is 1.96 bits per heavy atom. The molecule has 8 heteroatoms. The van der Waals surface area contributed by atoms with Crippen LogP contribution in [0.5, 0.6) is 11.9 Å². The van der Waals surface area contributed by atoms with Crippen LogP contribution in [-0.4, -0.2) is 60.3 Å². The van der Waals surface area contributed by atoms with Gasteiger partial charge in [0.25, 0.3) is 0 Å². The molecule has 1 saturated heterocycles. The highest BCUT2D eigenvalue weighted by atomic mass is 16.5. The van der Waals surface area contributed by atoms with Crippen LogP contribution in [0.3, 0.4) is 0 Å². The van der Waals surface area contributed by atoms with Gasteiger partial charge in [-0.1, -0.05) is 0 Å². The third-order valence-electron chi connectivity index (χ3n) is 5.29. The fraction of sp³-hybridized carbons (Fsp3) is 0.579. The van der Waals surface area contributed by atoms with E-state index in [1.54, 1.807) is 14.2 Å². The summed E-state index contributed by atoms with van der Waals surface area (Å²) in [7, 11) is 5.29. The molecular formula is C19H26N6O2. The molecule has 1 aliphatic heterocycles. The maximum Gasteiger partial charge on any atom is 0.321 e. The van der Waals surface area contributed by atoms with E-state index in [0.717, 1.165) is 43.4 Å². The highest BCUT2D eigenvalue weighted by molar-refractivity contribution is 5.46. The Bertz CT molecular complexity index is 775. The molecule has 0 radical (unpaired) electrons. The van der Waals surface area contributed by atoms with Crippen LogP contribution in [0.25, 0.3) is 0 Å². The van der Waals surface area contributed by atoms with Crippen LogP contribution in [0.1, 0.15) is 37.4 Å². The molecule has 1 saturated carbocycles. The summed E-state index contributed by atoms with van der Waals surface area (Å²) in [5.74, 6) is 3.88. The van der Waals surface area contributed by atoms with Gasteiger partial charge in [-0.2, -0.15) is 9.97 Å². The molecule has 0 amide bonds. The van der Waals surface area contributed by atoms with Crippen molar-refractivity contribution in [3.8, 4) is 11.9 Å². The smallest absolute Gasteiger partial charge is 0.321 e. The van der Waals surface area contributed by atoms with Gasteiger partial charge >= 0.3 is 6.01 Å². The van der Waals surface area contributed by atoms with Crippen molar-refractivity contribution in [2.75, 3.05) is 44.2 Å². The van der Waals surface area contributed by atoms with Crippen LogP contribution in [0.4, 0.5) is 11.6 Å². The average Bonchev–Trinajstić information content (AvgIpc) is 3.58. The number of aromatic nitrogens is 4. The Balaban J connectivity index is 1.51.